The summed E-state index contributed by atoms with van der Waals surface area (Å²) in [7, 11) is 4.35. The fourth-order valence-electron chi connectivity index (χ4n) is 4.40. The third-order valence-electron chi connectivity index (χ3n) is 6.42. The molecule has 2 N–H and O–H groups in total. The van der Waals surface area contributed by atoms with E-state index in [9.17, 15) is 0 Å². The van der Waals surface area contributed by atoms with Crippen molar-refractivity contribution in [3.8, 4) is 0 Å². The van der Waals surface area contributed by atoms with Crippen LogP contribution in [-0.2, 0) is 0 Å². The Balaban J connectivity index is 1.97. The highest BCUT2D eigenvalue weighted by atomic mass is 15.1. The van der Waals surface area contributed by atoms with E-state index in [4.69, 9.17) is 5.73 Å². The molecule has 0 amide bonds. The molecule has 3 rings (SSSR count). The smallest absolute Gasteiger partial charge is 0.0303 e. The normalized spacial score (nSPS) is 35.0. The maximum absolute atomic E-state index is 6.42. The van der Waals surface area contributed by atoms with Gasteiger partial charge < -0.3 is 10.6 Å². The van der Waals surface area contributed by atoms with Crippen LogP contribution in [0.1, 0.15) is 65.7 Å². The predicted octanol–water partition coefficient (Wildman–Crippen LogP) is 4.97. The van der Waals surface area contributed by atoms with Crippen LogP contribution >= 0.6 is 0 Å². The van der Waals surface area contributed by atoms with Gasteiger partial charge in [-0.1, -0.05) is 32.4 Å². The lowest BCUT2D eigenvalue weighted by Gasteiger charge is -2.43. The van der Waals surface area contributed by atoms with E-state index >= 15 is 0 Å². The number of nitrogens with two attached hydrogens (primary N) is 1. The molecule has 0 saturated heterocycles. The minimum absolute atomic E-state index is 0.664. The Hall–Kier alpha value is -0.760. The van der Waals surface area contributed by atoms with Crippen molar-refractivity contribution in [2.75, 3.05) is 14.1 Å². The van der Waals surface area contributed by atoms with Crippen molar-refractivity contribution in [3.63, 3.8) is 0 Å². The average molecular weight is 319 g/mol. The van der Waals surface area contributed by atoms with Gasteiger partial charge in [-0.3, -0.25) is 0 Å². The van der Waals surface area contributed by atoms with Gasteiger partial charge >= 0.3 is 0 Å². The average Bonchev–Trinajstić information content (AvgIpc) is 2.59. The van der Waals surface area contributed by atoms with Crippen molar-refractivity contribution in [1.29, 1.82) is 0 Å². The summed E-state index contributed by atoms with van der Waals surface area (Å²) in [6.07, 6.45) is 13.8. The van der Waals surface area contributed by atoms with E-state index in [0.29, 0.717) is 12.0 Å². The molecule has 3 unspecified atom stereocenters. The summed E-state index contributed by atoms with van der Waals surface area (Å²) in [6, 6.07) is 0.664. The van der Waals surface area contributed by atoms with Gasteiger partial charge in [-0.25, -0.2) is 0 Å². The molecule has 5 atom stereocenters. The van der Waals surface area contributed by atoms with Gasteiger partial charge in [0.15, 0.2) is 0 Å². The second-order valence-corrected chi connectivity index (χ2v) is 8.36. The third-order valence-corrected chi connectivity index (χ3v) is 6.42. The van der Waals surface area contributed by atoms with E-state index in [2.05, 4.69) is 51.9 Å². The first-order valence-electron chi connectivity index (χ1n) is 9.75. The Bertz CT molecular complexity index is 435. The Morgan fingerprint density at radius 1 is 1.26 bits per heavy atom. The van der Waals surface area contributed by atoms with Crippen LogP contribution in [0.3, 0.4) is 0 Å². The van der Waals surface area contributed by atoms with E-state index < -0.39 is 0 Å². The van der Waals surface area contributed by atoms with Crippen molar-refractivity contribution >= 4 is 0 Å². The van der Waals surface area contributed by atoms with Gasteiger partial charge in [0.05, 0.1) is 0 Å². The second-order valence-electron chi connectivity index (χ2n) is 8.36. The first-order chi connectivity index (χ1) is 10.9. The molecule has 2 nitrogen and oxygen atoms in total. The molecule has 0 aromatic rings. The number of rotatable bonds is 7. The van der Waals surface area contributed by atoms with E-state index in [1.165, 1.54) is 44.1 Å². The lowest BCUT2D eigenvalue weighted by molar-refractivity contribution is 0.0963. The quantitative estimate of drug-likeness (QED) is 0.718. The lowest BCUT2D eigenvalue weighted by atomic mass is 9.62. The number of allylic oxidation sites excluding steroid dienone is 3. The summed E-state index contributed by atoms with van der Waals surface area (Å²) in [5.74, 6) is 3.36. The molecule has 132 valence electrons. The minimum atomic E-state index is 0.664. The zero-order valence-electron chi connectivity index (χ0n) is 16.0. The van der Waals surface area contributed by atoms with Gasteiger partial charge in [-0.15, -0.1) is 0 Å². The fraction of sp³-hybridized carbons (Fsp3) is 0.810. The Morgan fingerprint density at radius 3 is 2.65 bits per heavy atom. The van der Waals surface area contributed by atoms with E-state index in [-0.39, 0.29) is 0 Å². The number of hydrogen-bond acceptors (Lipinski definition) is 2. The largest absolute Gasteiger partial charge is 0.399 e. The fourth-order valence-corrected chi connectivity index (χ4v) is 4.40. The first-order valence-corrected chi connectivity index (χ1v) is 9.75. The van der Waals surface area contributed by atoms with Gasteiger partial charge in [0.2, 0.25) is 0 Å². The predicted molar refractivity (Wildman–Crippen MR) is 101 cm³/mol. The molecular formula is C21H38N2. The van der Waals surface area contributed by atoms with Crippen LogP contribution in [0, 0.1) is 23.7 Å². The third kappa shape index (κ3) is 4.86. The SMILES string of the molecule is CCC1[C@H]2CC/C=C(N)/C(CC(C)CCC(C)N(C)C)=C\[C@@H]1C2. The zero-order chi connectivity index (χ0) is 17.0. The molecule has 2 heteroatoms. The van der Waals surface area contributed by atoms with E-state index in [0.717, 1.165) is 29.9 Å². The Kier molecular flexibility index (Phi) is 6.76. The van der Waals surface area contributed by atoms with Crippen molar-refractivity contribution in [3.05, 3.63) is 23.4 Å². The van der Waals surface area contributed by atoms with Crippen molar-refractivity contribution in [1.82, 2.24) is 4.90 Å². The number of hydrogen-bond donors (Lipinski definition) is 1. The second kappa shape index (κ2) is 8.37. The van der Waals surface area contributed by atoms with Crippen LogP contribution in [0.15, 0.2) is 23.4 Å². The van der Waals surface area contributed by atoms with E-state index in [1.54, 1.807) is 0 Å². The summed E-state index contributed by atoms with van der Waals surface area (Å²) < 4.78 is 0. The highest BCUT2D eigenvalue weighted by Gasteiger charge is 2.38. The highest BCUT2D eigenvalue weighted by Crippen LogP contribution is 2.47. The Morgan fingerprint density at radius 2 is 2.00 bits per heavy atom. The molecule has 0 aliphatic heterocycles. The van der Waals surface area contributed by atoms with Gasteiger partial charge in [-0.2, -0.15) is 0 Å². The van der Waals surface area contributed by atoms with Crippen molar-refractivity contribution in [2.45, 2.75) is 71.8 Å². The van der Waals surface area contributed by atoms with Crippen LogP contribution in [-0.4, -0.2) is 25.0 Å². The molecular weight excluding hydrogens is 280 g/mol. The molecule has 0 aromatic heterocycles. The van der Waals surface area contributed by atoms with Crippen LogP contribution in [0.2, 0.25) is 0 Å². The summed E-state index contributed by atoms with van der Waals surface area (Å²) in [4.78, 5) is 2.32. The van der Waals surface area contributed by atoms with E-state index in [1.807, 2.05) is 0 Å². The molecule has 0 aromatic carbocycles. The zero-order valence-corrected chi connectivity index (χ0v) is 16.0. The van der Waals surface area contributed by atoms with Crippen LogP contribution in [0.25, 0.3) is 0 Å². The van der Waals surface area contributed by atoms with Gasteiger partial charge in [0.25, 0.3) is 0 Å². The maximum Gasteiger partial charge on any atom is 0.0303 e. The summed E-state index contributed by atoms with van der Waals surface area (Å²) in [5.41, 5.74) is 8.94. The summed E-state index contributed by atoms with van der Waals surface area (Å²) in [6.45, 7) is 7.07. The molecule has 0 spiro atoms. The van der Waals surface area contributed by atoms with Crippen LogP contribution < -0.4 is 5.73 Å². The van der Waals surface area contributed by atoms with Gasteiger partial charge in [0.1, 0.15) is 0 Å². The first kappa shape index (κ1) is 18.6. The summed E-state index contributed by atoms with van der Waals surface area (Å²) in [5, 5.41) is 0. The molecule has 0 heterocycles. The molecule has 2 bridgehead atoms. The monoisotopic (exact) mass is 318 g/mol. The van der Waals surface area contributed by atoms with Gasteiger partial charge in [-0.05, 0) is 88.8 Å². The molecule has 1 fully saturated rings. The van der Waals surface area contributed by atoms with Crippen molar-refractivity contribution in [2.24, 2.45) is 29.4 Å². The van der Waals surface area contributed by atoms with Crippen LogP contribution in [0.5, 0.6) is 0 Å². The van der Waals surface area contributed by atoms with Crippen LogP contribution in [0.4, 0.5) is 0 Å². The molecule has 23 heavy (non-hydrogen) atoms. The minimum Gasteiger partial charge on any atom is -0.399 e. The Labute approximate surface area is 144 Å². The lowest BCUT2D eigenvalue weighted by Crippen LogP contribution is -2.35. The van der Waals surface area contributed by atoms with Crippen molar-refractivity contribution < 1.29 is 0 Å². The molecule has 3 aliphatic carbocycles. The standard InChI is InChI=1S/C21H38N2/c1-6-20-17-8-7-9-21(22)19(14-18(20)13-17)12-15(2)10-11-16(3)23(4)5/h9,14-18,20H,6-8,10-13,22H2,1-5H3/b19-14-,21-9-/t15?,16?,17-,18-,20?/m0/s1. The number of nitrogens with zero attached hydrogens (tertiary/aromatic N) is 1. The maximum atomic E-state index is 6.42. The topological polar surface area (TPSA) is 29.3 Å². The van der Waals surface area contributed by atoms with Gasteiger partial charge in [0, 0.05) is 11.7 Å². The molecule has 1 saturated carbocycles. The molecule has 3 aliphatic rings. The summed E-state index contributed by atoms with van der Waals surface area (Å²) >= 11 is 0. The number of fused-ring (bicyclic) bond motifs is 3. The highest BCUT2D eigenvalue weighted by molar-refractivity contribution is 5.31. The molecule has 0 radical (unpaired) electrons.